The second kappa shape index (κ2) is 8.95. The Labute approximate surface area is 178 Å². The summed E-state index contributed by atoms with van der Waals surface area (Å²) in [6.07, 6.45) is 0. The fourth-order valence-corrected chi connectivity index (χ4v) is 3.41. The molecule has 0 saturated heterocycles. The molecule has 4 aromatic rings. The minimum atomic E-state index is -2.72. The van der Waals surface area contributed by atoms with Crippen molar-refractivity contribution in [2.45, 2.75) is 19.4 Å². The number of nitrogens with zero attached hydrogens (tertiary/aromatic N) is 2. The molecule has 7 heteroatoms. The summed E-state index contributed by atoms with van der Waals surface area (Å²) in [4.78, 5) is 17.2. The number of hydrogen-bond donors (Lipinski definition) is 1. The number of carbonyl (C=O) groups is 1. The minimum absolute atomic E-state index is 0.147. The molecular formula is C24H21F2N3O2. The number of alkyl halides is 2. The van der Waals surface area contributed by atoms with Gasteiger partial charge in [-0.1, -0.05) is 49.4 Å². The van der Waals surface area contributed by atoms with Gasteiger partial charge >= 0.3 is 6.55 Å². The van der Waals surface area contributed by atoms with Gasteiger partial charge in [-0.3, -0.25) is 9.36 Å². The molecule has 1 N–H and O–H groups in total. The van der Waals surface area contributed by atoms with Crippen molar-refractivity contribution >= 4 is 16.9 Å². The summed E-state index contributed by atoms with van der Waals surface area (Å²) in [6.45, 7) is -0.818. The minimum Gasteiger partial charge on any atom is -0.457 e. The maximum Gasteiger partial charge on any atom is 0.320 e. The molecule has 1 heterocycles. The van der Waals surface area contributed by atoms with E-state index in [4.69, 9.17) is 4.74 Å². The standard InChI is InChI=1S/C24H21F2N3O2/c1-16(22-28-19-12-6-7-13-20(19)29(22)24(25)26)15-27-23(30)18-11-5-8-14-21(18)31-17-9-3-2-4-10-17/h2-14,16,24H,15H2,1H3,(H,27,30). The first-order valence-corrected chi connectivity index (χ1v) is 9.89. The number of fused-ring (bicyclic) bond motifs is 1. The highest BCUT2D eigenvalue weighted by molar-refractivity contribution is 5.97. The third kappa shape index (κ3) is 4.40. The number of ether oxygens (including phenoxy) is 1. The number of rotatable bonds is 7. The summed E-state index contributed by atoms with van der Waals surface area (Å²) < 4.78 is 34.1. The van der Waals surface area contributed by atoms with Gasteiger partial charge in [-0.25, -0.2) is 4.98 Å². The fraction of sp³-hybridized carbons (Fsp3) is 0.167. The van der Waals surface area contributed by atoms with Crippen molar-refractivity contribution in [2.24, 2.45) is 0 Å². The summed E-state index contributed by atoms with van der Waals surface area (Å²) in [6, 6.07) is 22.8. The topological polar surface area (TPSA) is 56.1 Å². The fourth-order valence-electron chi connectivity index (χ4n) is 3.41. The van der Waals surface area contributed by atoms with Crippen molar-refractivity contribution in [3.63, 3.8) is 0 Å². The maximum atomic E-state index is 13.7. The first-order valence-electron chi connectivity index (χ1n) is 9.89. The van der Waals surface area contributed by atoms with Crippen LogP contribution in [0, 0.1) is 0 Å². The van der Waals surface area contributed by atoms with Crippen molar-refractivity contribution in [1.82, 2.24) is 14.9 Å². The molecule has 4 rings (SSSR count). The third-order valence-electron chi connectivity index (χ3n) is 4.93. The van der Waals surface area contributed by atoms with E-state index in [2.05, 4.69) is 10.3 Å². The lowest BCUT2D eigenvalue weighted by Gasteiger charge is -2.16. The maximum absolute atomic E-state index is 13.7. The Kier molecular flexibility index (Phi) is 5.93. The number of hydrogen-bond acceptors (Lipinski definition) is 3. The van der Waals surface area contributed by atoms with Crippen LogP contribution in [0.2, 0.25) is 0 Å². The number of halogens is 2. The van der Waals surface area contributed by atoms with Crippen LogP contribution in [0.1, 0.15) is 35.6 Å². The van der Waals surface area contributed by atoms with Gasteiger partial charge in [0.15, 0.2) is 0 Å². The summed E-state index contributed by atoms with van der Waals surface area (Å²) in [5.41, 5.74) is 1.23. The van der Waals surface area contributed by atoms with E-state index in [1.165, 1.54) is 0 Å². The second-order valence-corrected chi connectivity index (χ2v) is 7.13. The average molecular weight is 421 g/mol. The van der Waals surface area contributed by atoms with Crippen LogP contribution in [0.4, 0.5) is 8.78 Å². The van der Waals surface area contributed by atoms with Crippen LogP contribution in [0.25, 0.3) is 11.0 Å². The van der Waals surface area contributed by atoms with Crippen LogP contribution in [0.15, 0.2) is 78.9 Å². The molecule has 1 amide bonds. The van der Waals surface area contributed by atoms with E-state index in [-0.39, 0.29) is 18.3 Å². The van der Waals surface area contributed by atoms with Crippen LogP contribution in [-0.2, 0) is 0 Å². The van der Waals surface area contributed by atoms with E-state index in [0.29, 0.717) is 28.1 Å². The molecule has 0 aliphatic carbocycles. The Morgan fingerprint density at radius 3 is 2.45 bits per heavy atom. The van der Waals surface area contributed by atoms with Crippen LogP contribution in [-0.4, -0.2) is 22.0 Å². The highest BCUT2D eigenvalue weighted by atomic mass is 19.3. The van der Waals surface area contributed by atoms with Gasteiger partial charge in [0.25, 0.3) is 5.91 Å². The molecule has 0 spiro atoms. The number of nitrogens with one attached hydrogen (secondary N) is 1. The van der Waals surface area contributed by atoms with Crippen molar-refractivity contribution in [3.8, 4) is 11.5 Å². The van der Waals surface area contributed by atoms with Crippen LogP contribution >= 0.6 is 0 Å². The number of imidazole rings is 1. The molecule has 0 fully saturated rings. The van der Waals surface area contributed by atoms with Crippen LogP contribution in [0.5, 0.6) is 11.5 Å². The van der Waals surface area contributed by atoms with Crippen LogP contribution < -0.4 is 10.1 Å². The highest BCUT2D eigenvalue weighted by Gasteiger charge is 2.22. The normalized spacial score (nSPS) is 12.1. The lowest BCUT2D eigenvalue weighted by Crippen LogP contribution is -2.29. The predicted molar refractivity (Wildman–Crippen MR) is 115 cm³/mol. The van der Waals surface area contributed by atoms with E-state index < -0.39 is 12.5 Å². The average Bonchev–Trinajstić information content (AvgIpc) is 3.18. The van der Waals surface area contributed by atoms with Crippen molar-refractivity contribution < 1.29 is 18.3 Å². The van der Waals surface area contributed by atoms with E-state index >= 15 is 0 Å². The Balaban J connectivity index is 1.51. The molecular weight excluding hydrogens is 400 g/mol. The smallest absolute Gasteiger partial charge is 0.320 e. The van der Waals surface area contributed by atoms with Crippen molar-refractivity contribution in [3.05, 3.63) is 90.3 Å². The number of amides is 1. The van der Waals surface area contributed by atoms with E-state index in [0.717, 1.165) is 4.57 Å². The lowest BCUT2D eigenvalue weighted by atomic mass is 10.1. The Bertz CT molecular complexity index is 1190. The zero-order valence-electron chi connectivity index (χ0n) is 16.8. The zero-order chi connectivity index (χ0) is 21.8. The third-order valence-corrected chi connectivity index (χ3v) is 4.93. The van der Waals surface area contributed by atoms with Gasteiger partial charge in [0, 0.05) is 12.5 Å². The highest BCUT2D eigenvalue weighted by Crippen LogP contribution is 2.28. The molecule has 1 atom stereocenters. The van der Waals surface area contributed by atoms with Gasteiger partial charge in [0.2, 0.25) is 0 Å². The number of aromatic nitrogens is 2. The van der Waals surface area contributed by atoms with E-state index in [1.54, 1.807) is 67.6 Å². The van der Waals surface area contributed by atoms with Crippen molar-refractivity contribution in [2.75, 3.05) is 6.54 Å². The lowest BCUT2D eigenvalue weighted by molar-refractivity contribution is 0.0704. The Morgan fingerprint density at radius 2 is 1.68 bits per heavy atom. The molecule has 0 radical (unpaired) electrons. The monoisotopic (exact) mass is 421 g/mol. The zero-order valence-corrected chi connectivity index (χ0v) is 16.8. The molecule has 5 nitrogen and oxygen atoms in total. The number of carbonyl (C=O) groups excluding carboxylic acids is 1. The Morgan fingerprint density at radius 1 is 1.00 bits per heavy atom. The molecule has 1 unspecified atom stereocenters. The predicted octanol–water partition coefficient (Wildman–Crippen LogP) is 5.76. The molecule has 1 aromatic heterocycles. The molecule has 0 aliphatic heterocycles. The van der Waals surface area contributed by atoms with Gasteiger partial charge < -0.3 is 10.1 Å². The quantitative estimate of drug-likeness (QED) is 0.413. The van der Waals surface area contributed by atoms with Crippen molar-refractivity contribution in [1.29, 1.82) is 0 Å². The van der Waals surface area contributed by atoms with E-state index in [9.17, 15) is 13.6 Å². The first-order chi connectivity index (χ1) is 15.0. The molecule has 3 aromatic carbocycles. The summed E-state index contributed by atoms with van der Waals surface area (Å²) >= 11 is 0. The summed E-state index contributed by atoms with van der Waals surface area (Å²) in [7, 11) is 0. The van der Waals surface area contributed by atoms with Gasteiger partial charge in [-0.2, -0.15) is 8.78 Å². The number of para-hydroxylation sites is 4. The summed E-state index contributed by atoms with van der Waals surface area (Å²) in [5.74, 6) is 0.483. The number of benzene rings is 3. The molecule has 31 heavy (non-hydrogen) atoms. The summed E-state index contributed by atoms with van der Waals surface area (Å²) in [5, 5.41) is 2.82. The molecule has 0 saturated carbocycles. The largest absolute Gasteiger partial charge is 0.457 e. The van der Waals surface area contributed by atoms with Gasteiger partial charge in [-0.05, 0) is 36.4 Å². The molecule has 0 aliphatic rings. The van der Waals surface area contributed by atoms with Crippen LogP contribution in [0.3, 0.4) is 0 Å². The first kappa shape index (κ1) is 20.5. The van der Waals surface area contributed by atoms with Gasteiger partial charge in [-0.15, -0.1) is 0 Å². The van der Waals surface area contributed by atoms with Gasteiger partial charge in [0.1, 0.15) is 17.3 Å². The SMILES string of the molecule is CC(CNC(=O)c1ccccc1Oc1ccccc1)c1nc2ccccc2n1C(F)F. The molecule has 158 valence electrons. The Hall–Kier alpha value is -3.74. The molecule has 0 bridgehead atoms. The van der Waals surface area contributed by atoms with E-state index in [1.807, 2.05) is 18.2 Å². The van der Waals surface area contributed by atoms with Gasteiger partial charge in [0.05, 0.1) is 16.6 Å². The second-order valence-electron chi connectivity index (χ2n) is 7.13.